The molecule has 0 atom stereocenters. The van der Waals surface area contributed by atoms with Crippen molar-refractivity contribution in [3.05, 3.63) is 22.3 Å². The minimum atomic E-state index is 0.0322. The molecule has 0 aliphatic carbocycles. The highest BCUT2D eigenvalue weighted by Crippen LogP contribution is 2.27. The summed E-state index contributed by atoms with van der Waals surface area (Å²) >= 11 is 11.8. The fraction of sp³-hybridized carbons (Fsp3) is 0.545. The van der Waals surface area contributed by atoms with Gasteiger partial charge in [0.2, 0.25) is 0 Å². The van der Waals surface area contributed by atoms with Gasteiger partial charge in [0.05, 0.1) is 10.0 Å². The lowest BCUT2D eigenvalue weighted by Crippen LogP contribution is -2.33. The van der Waals surface area contributed by atoms with Crippen molar-refractivity contribution in [2.24, 2.45) is 0 Å². The van der Waals surface area contributed by atoms with Gasteiger partial charge in [-0.25, -0.2) is 4.98 Å². The number of rotatable bonds is 4. The molecule has 0 aliphatic heterocycles. The van der Waals surface area contributed by atoms with Crippen molar-refractivity contribution in [3.63, 3.8) is 0 Å². The van der Waals surface area contributed by atoms with Crippen LogP contribution in [0.5, 0.6) is 0 Å². The molecule has 0 unspecified atom stereocenters. The van der Waals surface area contributed by atoms with E-state index in [1.165, 1.54) is 0 Å². The number of aromatic nitrogens is 1. The summed E-state index contributed by atoms with van der Waals surface area (Å²) in [6.45, 7) is 6.43. The summed E-state index contributed by atoms with van der Waals surface area (Å²) in [6.07, 6.45) is 3.63. The van der Waals surface area contributed by atoms with Crippen molar-refractivity contribution < 1.29 is 0 Å². The molecule has 0 saturated carbocycles. The predicted octanol–water partition coefficient (Wildman–Crippen LogP) is 4.38. The molecule has 1 aromatic rings. The van der Waals surface area contributed by atoms with Crippen molar-refractivity contribution in [2.75, 3.05) is 5.32 Å². The van der Waals surface area contributed by atoms with Gasteiger partial charge >= 0.3 is 0 Å². The first-order chi connectivity index (χ1) is 7.00. The zero-order chi connectivity index (χ0) is 11.5. The molecular weight excluding hydrogens is 231 g/mol. The van der Waals surface area contributed by atoms with Gasteiger partial charge in [0.25, 0.3) is 0 Å². The molecule has 15 heavy (non-hydrogen) atoms. The molecule has 2 nitrogen and oxygen atoms in total. The molecule has 0 fully saturated rings. The normalized spacial score (nSPS) is 11.5. The van der Waals surface area contributed by atoms with Gasteiger partial charge in [0.15, 0.2) is 0 Å². The Morgan fingerprint density at radius 3 is 2.40 bits per heavy atom. The lowest BCUT2D eigenvalue weighted by atomic mass is 9.96. The maximum atomic E-state index is 6.04. The van der Waals surface area contributed by atoms with E-state index in [0.717, 1.165) is 12.8 Å². The predicted molar refractivity (Wildman–Crippen MR) is 66.9 cm³/mol. The molecule has 0 bridgehead atoms. The van der Waals surface area contributed by atoms with E-state index < -0.39 is 0 Å². The van der Waals surface area contributed by atoms with Crippen molar-refractivity contribution in [3.8, 4) is 0 Å². The Morgan fingerprint density at radius 2 is 1.93 bits per heavy atom. The minimum absolute atomic E-state index is 0.0322. The lowest BCUT2D eigenvalue weighted by molar-refractivity contribution is 0.477. The van der Waals surface area contributed by atoms with Gasteiger partial charge in [-0.05, 0) is 25.8 Å². The van der Waals surface area contributed by atoms with E-state index >= 15 is 0 Å². The molecule has 84 valence electrons. The molecule has 1 aromatic heterocycles. The Hall–Kier alpha value is -0.470. The van der Waals surface area contributed by atoms with Crippen LogP contribution in [0.3, 0.4) is 0 Å². The van der Waals surface area contributed by atoms with Gasteiger partial charge in [-0.15, -0.1) is 0 Å². The first-order valence-corrected chi connectivity index (χ1v) is 5.85. The zero-order valence-corrected chi connectivity index (χ0v) is 10.8. The highest BCUT2D eigenvalue weighted by molar-refractivity contribution is 6.35. The van der Waals surface area contributed by atoms with Crippen molar-refractivity contribution in [1.29, 1.82) is 0 Å². The van der Waals surface area contributed by atoms with E-state index in [2.05, 4.69) is 31.1 Å². The van der Waals surface area contributed by atoms with Gasteiger partial charge in [0, 0.05) is 11.7 Å². The van der Waals surface area contributed by atoms with Crippen LogP contribution in [0.4, 0.5) is 5.82 Å². The topological polar surface area (TPSA) is 24.9 Å². The summed E-state index contributed by atoms with van der Waals surface area (Å²) in [5, 5.41) is 4.47. The minimum Gasteiger partial charge on any atom is -0.364 e. The Balaban J connectivity index is 2.89. The van der Waals surface area contributed by atoms with E-state index in [-0.39, 0.29) is 5.54 Å². The van der Waals surface area contributed by atoms with Crippen LogP contribution in [0.15, 0.2) is 12.3 Å². The number of nitrogens with one attached hydrogen (secondary N) is 1. The van der Waals surface area contributed by atoms with Crippen LogP contribution in [-0.4, -0.2) is 10.5 Å². The molecule has 4 heteroatoms. The number of hydrogen-bond acceptors (Lipinski definition) is 2. The maximum Gasteiger partial charge on any atom is 0.145 e. The number of anilines is 1. The van der Waals surface area contributed by atoms with Crippen LogP contribution in [0, 0.1) is 0 Å². The average molecular weight is 247 g/mol. The first kappa shape index (κ1) is 12.6. The number of halogens is 2. The van der Waals surface area contributed by atoms with Crippen LogP contribution in [0.1, 0.15) is 33.6 Å². The van der Waals surface area contributed by atoms with Crippen molar-refractivity contribution in [1.82, 2.24) is 4.98 Å². The number of hydrogen-bond donors (Lipinski definition) is 1. The summed E-state index contributed by atoms with van der Waals surface area (Å²) in [5.41, 5.74) is 0.0322. The molecule has 1 rings (SSSR count). The fourth-order valence-corrected chi connectivity index (χ4v) is 1.65. The molecule has 0 radical (unpaired) electrons. The molecule has 1 heterocycles. The van der Waals surface area contributed by atoms with Gasteiger partial charge in [-0.1, -0.05) is 37.0 Å². The van der Waals surface area contributed by atoms with E-state index in [4.69, 9.17) is 23.2 Å². The lowest BCUT2D eigenvalue weighted by Gasteiger charge is -2.29. The van der Waals surface area contributed by atoms with Crippen LogP contribution in [-0.2, 0) is 0 Å². The van der Waals surface area contributed by atoms with E-state index in [1.807, 2.05) is 0 Å². The molecular formula is C11H16Cl2N2. The van der Waals surface area contributed by atoms with Gasteiger partial charge in [-0.3, -0.25) is 0 Å². The summed E-state index contributed by atoms with van der Waals surface area (Å²) < 4.78 is 0. The highest BCUT2D eigenvalue weighted by Gasteiger charge is 2.20. The number of pyridine rings is 1. The Bertz CT molecular complexity index is 335. The van der Waals surface area contributed by atoms with E-state index in [0.29, 0.717) is 15.9 Å². The van der Waals surface area contributed by atoms with Gasteiger partial charge < -0.3 is 5.32 Å². The molecule has 1 N–H and O–H groups in total. The van der Waals surface area contributed by atoms with Crippen LogP contribution in [0.25, 0.3) is 0 Å². The van der Waals surface area contributed by atoms with Crippen LogP contribution >= 0.6 is 23.2 Å². The Labute approximate surface area is 101 Å². The third kappa shape index (κ3) is 3.25. The first-order valence-electron chi connectivity index (χ1n) is 5.10. The van der Waals surface area contributed by atoms with Crippen molar-refractivity contribution in [2.45, 2.75) is 39.2 Å². The Kier molecular flexibility index (Phi) is 4.23. The third-order valence-electron chi connectivity index (χ3n) is 2.79. The second-order valence-corrected chi connectivity index (χ2v) is 4.72. The quantitative estimate of drug-likeness (QED) is 0.853. The van der Waals surface area contributed by atoms with Gasteiger partial charge in [-0.2, -0.15) is 0 Å². The molecule has 0 amide bonds. The largest absolute Gasteiger partial charge is 0.364 e. The molecule has 0 aromatic carbocycles. The fourth-order valence-electron chi connectivity index (χ4n) is 1.22. The highest BCUT2D eigenvalue weighted by atomic mass is 35.5. The van der Waals surface area contributed by atoms with E-state index in [9.17, 15) is 0 Å². The zero-order valence-electron chi connectivity index (χ0n) is 9.27. The smallest absolute Gasteiger partial charge is 0.145 e. The summed E-state index contributed by atoms with van der Waals surface area (Å²) in [7, 11) is 0. The summed E-state index contributed by atoms with van der Waals surface area (Å²) in [6, 6.07) is 1.70. The molecule has 0 saturated heterocycles. The summed E-state index contributed by atoms with van der Waals surface area (Å²) in [4.78, 5) is 4.18. The Morgan fingerprint density at radius 1 is 1.33 bits per heavy atom. The van der Waals surface area contributed by atoms with Crippen LogP contribution < -0.4 is 5.32 Å². The third-order valence-corrected chi connectivity index (χ3v) is 3.28. The van der Waals surface area contributed by atoms with Gasteiger partial charge in [0.1, 0.15) is 5.82 Å². The summed E-state index contributed by atoms with van der Waals surface area (Å²) in [5.74, 6) is 0.701. The standard InChI is InChI=1S/C11H16Cl2N2/c1-4-11(3,5-2)15-10-9(13)6-8(12)7-14-10/h6-7H,4-5H2,1-3H3,(H,14,15). The average Bonchev–Trinajstić information content (AvgIpc) is 2.22. The molecule has 0 spiro atoms. The molecule has 0 aliphatic rings. The van der Waals surface area contributed by atoms with Crippen molar-refractivity contribution >= 4 is 29.0 Å². The SMILES string of the molecule is CCC(C)(CC)Nc1ncc(Cl)cc1Cl. The maximum absolute atomic E-state index is 6.04. The van der Waals surface area contributed by atoms with E-state index in [1.54, 1.807) is 12.3 Å². The second kappa shape index (κ2) is 5.04. The number of nitrogens with zero attached hydrogens (tertiary/aromatic N) is 1. The van der Waals surface area contributed by atoms with Crippen LogP contribution in [0.2, 0.25) is 10.0 Å². The monoisotopic (exact) mass is 246 g/mol. The second-order valence-electron chi connectivity index (χ2n) is 3.88.